The highest BCUT2D eigenvalue weighted by atomic mass is 16.2. The molecule has 1 aliphatic carbocycles. The molecular weight excluding hydrogens is 362 g/mol. The number of rotatable bonds is 5. The van der Waals surface area contributed by atoms with E-state index in [2.05, 4.69) is 17.2 Å². The maximum atomic E-state index is 13.0. The molecule has 0 spiro atoms. The number of nitrogens with one attached hydrogen (secondary N) is 1. The van der Waals surface area contributed by atoms with E-state index in [1.807, 2.05) is 56.3 Å². The van der Waals surface area contributed by atoms with E-state index in [0.29, 0.717) is 6.54 Å². The molecule has 0 heterocycles. The second-order valence-electron chi connectivity index (χ2n) is 7.57. The number of benzene rings is 2. The van der Waals surface area contributed by atoms with Crippen molar-refractivity contribution in [2.45, 2.75) is 46.1 Å². The van der Waals surface area contributed by atoms with Gasteiger partial charge in [0.15, 0.2) is 5.78 Å². The summed E-state index contributed by atoms with van der Waals surface area (Å²) in [4.78, 5) is 38.0. The third-order valence-corrected chi connectivity index (χ3v) is 5.37. The highest BCUT2D eigenvalue weighted by Crippen LogP contribution is 2.37. The molecule has 0 aliphatic heterocycles. The number of carbonyl (C=O) groups excluding carboxylic acids is 3. The van der Waals surface area contributed by atoms with Crippen LogP contribution in [0.4, 0.5) is 0 Å². The molecule has 2 aromatic carbocycles. The van der Waals surface area contributed by atoms with Crippen LogP contribution in [0.3, 0.4) is 0 Å². The lowest BCUT2D eigenvalue weighted by Gasteiger charge is -2.16. The monoisotopic (exact) mass is 387 g/mol. The van der Waals surface area contributed by atoms with Gasteiger partial charge in [0.05, 0.1) is 0 Å². The Morgan fingerprint density at radius 2 is 1.76 bits per heavy atom. The molecule has 1 saturated carbocycles. The van der Waals surface area contributed by atoms with Crippen LogP contribution in [0.1, 0.15) is 53.5 Å². The fraction of sp³-hybridized carbons (Fsp3) is 0.320. The van der Waals surface area contributed by atoms with Crippen molar-refractivity contribution in [1.29, 1.82) is 0 Å². The Kier molecular flexibility index (Phi) is 6.29. The van der Waals surface area contributed by atoms with Crippen LogP contribution in [0.15, 0.2) is 42.5 Å². The Labute approximate surface area is 171 Å². The predicted molar refractivity (Wildman–Crippen MR) is 112 cm³/mol. The minimum Gasteiger partial charge on any atom is -0.352 e. The molecule has 2 aromatic rings. The van der Waals surface area contributed by atoms with Gasteiger partial charge in [-0.1, -0.05) is 36.3 Å². The van der Waals surface area contributed by atoms with Gasteiger partial charge in [-0.2, -0.15) is 0 Å². The van der Waals surface area contributed by atoms with Crippen LogP contribution >= 0.6 is 0 Å². The number of aryl methyl sites for hydroxylation is 2. The van der Waals surface area contributed by atoms with Crippen molar-refractivity contribution in [2.75, 3.05) is 0 Å². The molecule has 1 aliphatic rings. The van der Waals surface area contributed by atoms with E-state index in [0.717, 1.165) is 27.8 Å². The molecule has 0 radical (unpaired) electrons. The summed E-state index contributed by atoms with van der Waals surface area (Å²) in [6.07, 6.45) is 0.170. The van der Waals surface area contributed by atoms with Gasteiger partial charge in [-0.15, -0.1) is 5.92 Å². The zero-order valence-corrected chi connectivity index (χ0v) is 17.0. The molecule has 148 valence electrons. The summed E-state index contributed by atoms with van der Waals surface area (Å²) < 4.78 is 0. The van der Waals surface area contributed by atoms with Gasteiger partial charge in [-0.25, -0.2) is 0 Å². The van der Waals surface area contributed by atoms with E-state index in [1.165, 1.54) is 0 Å². The molecule has 4 nitrogen and oxygen atoms in total. The lowest BCUT2D eigenvalue weighted by atomic mass is 9.86. The van der Waals surface area contributed by atoms with E-state index < -0.39 is 11.8 Å². The topological polar surface area (TPSA) is 63.2 Å². The maximum Gasteiger partial charge on any atom is 0.221 e. The highest BCUT2D eigenvalue weighted by Gasteiger charge is 2.43. The van der Waals surface area contributed by atoms with E-state index in [-0.39, 0.29) is 30.3 Å². The molecule has 3 rings (SSSR count). The highest BCUT2D eigenvalue weighted by molar-refractivity contribution is 6.15. The van der Waals surface area contributed by atoms with Crippen molar-refractivity contribution in [3.8, 4) is 11.8 Å². The first-order valence-corrected chi connectivity index (χ1v) is 9.81. The van der Waals surface area contributed by atoms with Crippen LogP contribution in [-0.4, -0.2) is 17.5 Å². The summed E-state index contributed by atoms with van der Waals surface area (Å²) in [5, 5.41) is 2.84. The number of amides is 1. The summed E-state index contributed by atoms with van der Waals surface area (Å²) in [7, 11) is 0. The first-order chi connectivity index (χ1) is 13.9. The van der Waals surface area contributed by atoms with Gasteiger partial charge >= 0.3 is 0 Å². The van der Waals surface area contributed by atoms with E-state index in [9.17, 15) is 14.4 Å². The Hall–Kier alpha value is -3.19. The predicted octanol–water partition coefficient (Wildman–Crippen LogP) is 3.62. The van der Waals surface area contributed by atoms with Gasteiger partial charge in [0.25, 0.3) is 0 Å². The zero-order chi connectivity index (χ0) is 21.0. The van der Waals surface area contributed by atoms with Crippen molar-refractivity contribution in [2.24, 2.45) is 5.92 Å². The first-order valence-electron chi connectivity index (χ1n) is 9.81. The number of hydrogen-bond acceptors (Lipinski definition) is 3. The average molecular weight is 387 g/mol. The number of ketones is 2. The molecule has 2 unspecified atom stereocenters. The minimum absolute atomic E-state index is 0.0470. The Balaban J connectivity index is 1.71. The second kappa shape index (κ2) is 8.87. The summed E-state index contributed by atoms with van der Waals surface area (Å²) in [5.41, 5.74) is 4.43. The molecule has 0 bridgehead atoms. The molecule has 0 saturated heterocycles. The third-order valence-electron chi connectivity index (χ3n) is 5.37. The van der Waals surface area contributed by atoms with Gasteiger partial charge in [0.1, 0.15) is 11.7 Å². The van der Waals surface area contributed by atoms with Crippen LogP contribution in [0.2, 0.25) is 0 Å². The number of carbonyl (C=O) groups is 3. The van der Waals surface area contributed by atoms with Crippen LogP contribution < -0.4 is 5.32 Å². The maximum absolute atomic E-state index is 13.0. The van der Waals surface area contributed by atoms with Crippen molar-refractivity contribution >= 4 is 17.5 Å². The lowest BCUT2D eigenvalue weighted by Crippen LogP contribution is -2.27. The Morgan fingerprint density at radius 3 is 2.38 bits per heavy atom. The third kappa shape index (κ3) is 4.63. The fourth-order valence-corrected chi connectivity index (χ4v) is 4.07. The number of hydrogen-bond donors (Lipinski definition) is 1. The summed E-state index contributed by atoms with van der Waals surface area (Å²) in [6.45, 7) is 6.00. The molecule has 2 atom stereocenters. The van der Waals surface area contributed by atoms with Crippen molar-refractivity contribution in [3.05, 3.63) is 70.3 Å². The quantitative estimate of drug-likeness (QED) is 0.630. The largest absolute Gasteiger partial charge is 0.352 e. The standard InChI is InChI=1S/C25H25NO3/c1-4-8-19-11-16(2)23(17(3)12-19)24-21(27)13-20(25(24)29)14-22(28)26-15-18-9-6-5-7-10-18/h5-7,9-12,20,24H,13-15H2,1-3H3,(H,26,28). The van der Waals surface area contributed by atoms with Crippen molar-refractivity contribution in [1.82, 2.24) is 5.32 Å². The molecule has 1 N–H and O–H groups in total. The van der Waals surface area contributed by atoms with Gasteiger partial charge in [0.2, 0.25) is 5.91 Å². The van der Waals surface area contributed by atoms with E-state index in [1.54, 1.807) is 6.92 Å². The van der Waals surface area contributed by atoms with Crippen LogP contribution in [0.25, 0.3) is 0 Å². The SMILES string of the molecule is CC#Cc1cc(C)c(C2C(=O)CC(CC(=O)NCc3ccccc3)C2=O)c(C)c1. The number of Topliss-reactive ketones (excluding diaryl/α,β-unsaturated/α-hetero) is 2. The van der Waals surface area contributed by atoms with Gasteiger partial charge in [-0.05, 0) is 55.2 Å². The average Bonchev–Trinajstić information content (AvgIpc) is 2.95. The van der Waals surface area contributed by atoms with Gasteiger partial charge < -0.3 is 5.32 Å². The van der Waals surface area contributed by atoms with Crippen LogP contribution in [-0.2, 0) is 20.9 Å². The molecule has 29 heavy (non-hydrogen) atoms. The summed E-state index contributed by atoms with van der Waals surface area (Å²) >= 11 is 0. The van der Waals surface area contributed by atoms with E-state index in [4.69, 9.17) is 0 Å². The van der Waals surface area contributed by atoms with E-state index >= 15 is 0 Å². The normalized spacial score (nSPS) is 18.3. The minimum atomic E-state index is -0.773. The smallest absolute Gasteiger partial charge is 0.221 e. The molecule has 1 amide bonds. The Morgan fingerprint density at radius 1 is 1.10 bits per heavy atom. The molecule has 1 fully saturated rings. The van der Waals surface area contributed by atoms with Crippen molar-refractivity contribution < 1.29 is 14.4 Å². The molecule has 4 heteroatoms. The van der Waals surface area contributed by atoms with Crippen molar-refractivity contribution in [3.63, 3.8) is 0 Å². The zero-order valence-electron chi connectivity index (χ0n) is 17.0. The molecule has 0 aromatic heterocycles. The fourth-order valence-electron chi connectivity index (χ4n) is 4.07. The van der Waals surface area contributed by atoms with Gasteiger partial charge in [-0.3, -0.25) is 14.4 Å². The summed E-state index contributed by atoms with van der Waals surface area (Å²) in [6, 6.07) is 13.4. The summed E-state index contributed by atoms with van der Waals surface area (Å²) in [5.74, 6) is 4.10. The lowest BCUT2D eigenvalue weighted by molar-refractivity contribution is -0.128. The second-order valence-corrected chi connectivity index (χ2v) is 7.57. The first kappa shape index (κ1) is 20.5. The molecular formula is C25H25NO3. The van der Waals surface area contributed by atoms with Crippen LogP contribution in [0, 0.1) is 31.6 Å². The van der Waals surface area contributed by atoms with Gasteiger partial charge in [0, 0.05) is 30.9 Å². The van der Waals surface area contributed by atoms with Crippen LogP contribution in [0.5, 0.6) is 0 Å². The Bertz CT molecular complexity index is 988.